The van der Waals surface area contributed by atoms with Gasteiger partial charge in [0.25, 0.3) is 0 Å². The highest BCUT2D eigenvalue weighted by Gasteiger charge is 2.26. The molecule has 1 aliphatic carbocycles. The summed E-state index contributed by atoms with van der Waals surface area (Å²) in [6.07, 6.45) is 2.21. The third-order valence-corrected chi connectivity index (χ3v) is 6.99. The molecule has 2 unspecified atom stereocenters. The maximum absolute atomic E-state index is 13.4. The van der Waals surface area contributed by atoms with E-state index in [1.807, 2.05) is 35.5 Å². The van der Waals surface area contributed by atoms with E-state index in [-0.39, 0.29) is 16.9 Å². The smallest absolute Gasteiger partial charge is 0.337 e. The summed E-state index contributed by atoms with van der Waals surface area (Å²) < 4.78 is 22.6. The molecule has 2 rings (SSSR count). The molecule has 1 aliphatic rings. The second-order valence-electron chi connectivity index (χ2n) is 9.80. The molecule has 0 N–H and O–H groups in total. The highest BCUT2D eigenvalue weighted by molar-refractivity contribution is 7.28. The number of ketones is 1. The number of rotatable bonds is 12. The van der Waals surface area contributed by atoms with Crippen LogP contribution >= 0.6 is 18.5 Å². The molecule has 0 amide bonds. The van der Waals surface area contributed by atoms with E-state index in [4.69, 9.17) is 18.9 Å². The Balaban J connectivity index is 2.05. The maximum atomic E-state index is 13.4. The van der Waals surface area contributed by atoms with Gasteiger partial charge in [-0.2, -0.15) is 0 Å². The number of carbonyl (C=O) groups is 2. The highest BCUT2D eigenvalue weighted by Crippen LogP contribution is 2.39. The third kappa shape index (κ3) is 8.61. The Bertz CT molecular complexity index is 945. The van der Waals surface area contributed by atoms with Gasteiger partial charge in [0.1, 0.15) is 20.2 Å². The van der Waals surface area contributed by atoms with E-state index in [0.717, 1.165) is 23.5 Å². The van der Waals surface area contributed by atoms with Crippen LogP contribution in [-0.2, 0) is 18.9 Å². The van der Waals surface area contributed by atoms with Crippen molar-refractivity contribution in [3.8, 4) is 0 Å². The van der Waals surface area contributed by atoms with Gasteiger partial charge in [0.05, 0.1) is 30.5 Å². The van der Waals surface area contributed by atoms with Gasteiger partial charge in [-0.3, -0.25) is 4.79 Å². The van der Waals surface area contributed by atoms with Crippen molar-refractivity contribution >= 4 is 38.1 Å². The number of hydrogen-bond acceptors (Lipinski definition) is 6. The van der Waals surface area contributed by atoms with Crippen molar-refractivity contribution in [1.29, 1.82) is 0 Å². The van der Waals surface area contributed by atoms with Crippen molar-refractivity contribution in [3.63, 3.8) is 0 Å². The van der Waals surface area contributed by atoms with Crippen molar-refractivity contribution in [2.45, 2.75) is 58.1 Å². The summed E-state index contributed by atoms with van der Waals surface area (Å²) in [5, 5.41) is 1.89. The largest absolute Gasteiger partial charge is 0.495 e. The monoisotopic (exact) mass is 506 g/mol. The Morgan fingerprint density at radius 2 is 1.56 bits per heavy atom. The van der Waals surface area contributed by atoms with E-state index in [9.17, 15) is 9.59 Å². The van der Waals surface area contributed by atoms with Gasteiger partial charge in [0, 0.05) is 24.1 Å². The molecule has 0 aliphatic heterocycles. The first-order valence-electron chi connectivity index (χ1n) is 11.5. The van der Waals surface area contributed by atoms with Crippen LogP contribution < -0.4 is 0 Å². The molecule has 0 spiro atoms. The number of Topliss-reactive ketones (excluding diaryl/α,β-unsaturated/α-hetero) is 1. The molecule has 1 aromatic rings. The molecule has 0 bridgehead atoms. The van der Waals surface area contributed by atoms with Crippen molar-refractivity contribution in [1.82, 2.24) is 0 Å². The predicted octanol–water partition coefficient (Wildman–Crippen LogP) is 4.25. The molecule has 1 aromatic carbocycles. The van der Waals surface area contributed by atoms with E-state index in [2.05, 4.69) is 18.5 Å². The summed E-state index contributed by atoms with van der Waals surface area (Å²) in [7, 11) is 8.74. The van der Waals surface area contributed by atoms with Gasteiger partial charge in [-0.05, 0) is 63.3 Å². The van der Waals surface area contributed by atoms with Crippen molar-refractivity contribution in [2.75, 3.05) is 26.9 Å². The Hall–Kier alpha value is -1.52. The Labute approximate surface area is 209 Å². The van der Waals surface area contributed by atoms with Crippen molar-refractivity contribution in [2.24, 2.45) is 0 Å². The first kappa shape index (κ1) is 28.7. The topological polar surface area (TPSA) is 71.1 Å². The minimum Gasteiger partial charge on any atom is -0.495 e. The number of methoxy groups -OCH3 is 1. The molecular weight excluding hydrogens is 469 g/mol. The van der Waals surface area contributed by atoms with Crippen LogP contribution in [0.2, 0.25) is 0 Å². The lowest BCUT2D eigenvalue weighted by Crippen LogP contribution is -2.31. The van der Waals surface area contributed by atoms with E-state index in [1.165, 1.54) is 7.11 Å². The van der Waals surface area contributed by atoms with Crippen LogP contribution in [0.4, 0.5) is 0 Å². The Morgan fingerprint density at radius 1 is 0.941 bits per heavy atom. The summed E-state index contributed by atoms with van der Waals surface area (Å²) in [4.78, 5) is 25.0. The lowest BCUT2D eigenvalue weighted by molar-refractivity contribution is -0.0654. The molecule has 34 heavy (non-hydrogen) atoms. The van der Waals surface area contributed by atoms with Crippen LogP contribution in [0.5, 0.6) is 0 Å². The molecule has 0 radical (unpaired) electrons. The molecule has 2 atom stereocenters. The SMILES string of the molecule is BC(C)(C)OCCC(C)(C)OCCOC1=C(C(=O)c2ccc(C(=O)OC)cc2)C(P)=C(P)CC1. The first-order valence-corrected chi connectivity index (χ1v) is 12.6. The fourth-order valence-corrected chi connectivity index (χ4v) is 4.11. The fourth-order valence-electron chi connectivity index (χ4n) is 3.39. The van der Waals surface area contributed by atoms with Gasteiger partial charge in [-0.1, -0.05) is 12.1 Å². The van der Waals surface area contributed by atoms with Gasteiger partial charge >= 0.3 is 5.97 Å². The summed E-state index contributed by atoms with van der Waals surface area (Å²) >= 11 is 0. The summed E-state index contributed by atoms with van der Waals surface area (Å²) in [6.45, 7) is 9.52. The van der Waals surface area contributed by atoms with E-state index >= 15 is 0 Å². The molecule has 0 saturated heterocycles. The first-order chi connectivity index (χ1) is 15.8. The second-order valence-corrected chi connectivity index (χ2v) is 11.1. The van der Waals surface area contributed by atoms with Crippen molar-refractivity contribution < 1.29 is 28.5 Å². The van der Waals surface area contributed by atoms with Crippen LogP contribution in [0.25, 0.3) is 0 Å². The molecule has 0 heterocycles. The average molecular weight is 506 g/mol. The normalized spacial score (nSPS) is 14.9. The molecule has 186 valence electrons. The van der Waals surface area contributed by atoms with Crippen LogP contribution in [0.1, 0.15) is 67.7 Å². The summed E-state index contributed by atoms with van der Waals surface area (Å²) in [5.41, 5.74) is 0.919. The maximum Gasteiger partial charge on any atom is 0.337 e. The minimum atomic E-state index is -0.438. The number of allylic oxidation sites excluding steroid dienone is 4. The van der Waals surface area contributed by atoms with E-state index < -0.39 is 5.97 Å². The van der Waals surface area contributed by atoms with Gasteiger partial charge in [0.2, 0.25) is 0 Å². The molecule has 6 nitrogen and oxygen atoms in total. The number of carbonyl (C=O) groups excluding carboxylic acids is 2. The van der Waals surface area contributed by atoms with Crippen LogP contribution in [0.3, 0.4) is 0 Å². The minimum absolute atomic E-state index is 0.142. The molecule has 0 saturated carbocycles. The van der Waals surface area contributed by atoms with Gasteiger partial charge in [-0.15, -0.1) is 18.5 Å². The summed E-state index contributed by atoms with van der Waals surface area (Å²) in [6, 6.07) is 6.46. The Kier molecular flexibility index (Phi) is 10.5. The molecule has 0 aromatic heterocycles. The third-order valence-electron chi connectivity index (χ3n) is 5.40. The Morgan fingerprint density at radius 3 is 2.15 bits per heavy atom. The van der Waals surface area contributed by atoms with Crippen LogP contribution in [0.15, 0.2) is 46.2 Å². The highest BCUT2D eigenvalue weighted by atomic mass is 31.0. The van der Waals surface area contributed by atoms with Gasteiger partial charge in [0.15, 0.2) is 5.78 Å². The molecular formula is C25H37BO6P2. The second kappa shape index (κ2) is 12.4. The summed E-state index contributed by atoms with van der Waals surface area (Å²) in [5.74, 6) is 0.0824. The predicted molar refractivity (Wildman–Crippen MR) is 144 cm³/mol. The number of benzene rings is 1. The van der Waals surface area contributed by atoms with E-state index in [0.29, 0.717) is 48.7 Å². The zero-order chi connectivity index (χ0) is 25.5. The van der Waals surface area contributed by atoms with Crippen molar-refractivity contribution in [3.05, 3.63) is 57.4 Å². The quantitative estimate of drug-likeness (QED) is 0.139. The van der Waals surface area contributed by atoms with Gasteiger partial charge < -0.3 is 18.9 Å². The molecule has 0 fully saturated rings. The number of esters is 1. The zero-order valence-electron chi connectivity index (χ0n) is 21.2. The number of hydrogen-bond donors (Lipinski definition) is 0. The average Bonchev–Trinajstić information content (AvgIpc) is 2.77. The van der Waals surface area contributed by atoms with Crippen LogP contribution in [-0.4, -0.2) is 57.6 Å². The van der Waals surface area contributed by atoms with Gasteiger partial charge in [-0.25, -0.2) is 4.79 Å². The lowest BCUT2D eigenvalue weighted by atomic mass is 9.86. The molecule has 9 heteroatoms. The standard InChI is InChI=1S/C25H37BO6P2/c1-24(2,12-13-32-25(3,4)26)31-15-14-30-18-10-11-19(33)22(34)20(18)21(27)16-6-8-17(9-7-16)23(28)29-5/h6-9H,10-15,26,33-34H2,1-5H3. The fraction of sp³-hybridized carbons (Fsp3) is 0.520. The number of ether oxygens (including phenoxy) is 4. The lowest BCUT2D eigenvalue weighted by Gasteiger charge is -2.28. The van der Waals surface area contributed by atoms with Crippen LogP contribution in [0, 0.1) is 0 Å². The zero-order valence-corrected chi connectivity index (χ0v) is 23.5. The van der Waals surface area contributed by atoms with E-state index in [1.54, 1.807) is 24.3 Å².